The van der Waals surface area contributed by atoms with Crippen molar-refractivity contribution in [2.75, 3.05) is 26.3 Å². The first-order chi connectivity index (χ1) is 8.84. The Morgan fingerprint density at radius 2 is 2.39 bits per heavy atom. The third kappa shape index (κ3) is 5.62. The molecule has 1 atom stereocenters. The summed E-state index contributed by atoms with van der Waals surface area (Å²) in [6.07, 6.45) is 6.88. The molecule has 1 aliphatic rings. The molecule has 1 aliphatic carbocycles. The molecule has 5 nitrogen and oxygen atoms in total. The van der Waals surface area contributed by atoms with Gasteiger partial charge >= 0.3 is 0 Å². The molecule has 0 bridgehead atoms. The van der Waals surface area contributed by atoms with Crippen LogP contribution >= 0.6 is 0 Å². The van der Waals surface area contributed by atoms with Gasteiger partial charge in [-0.2, -0.15) is 5.10 Å². The lowest BCUT2D eigenvalue weighted by atomic mass is 10.3. The van der Waals surface area contributed by atoms with Gasteiger partial charge in [-0.05, 0) is 37.8 Å². The molecule has 1 aromatic heterocycles. The summed E-state index contributed by atoms with van der Waals surface area (Å²) < 4.78 is 7.27. The number of aliphatic hydroxyl groups is 1. The molecule has 0 aromatic carbocycles. The van der Waals surface area contributed by atoms with Gasteiger partial charge in [0.05, 0.1) is 12.6 Å². The third-order valence-electron chi connectivity index (χ3n) is 3.03. The SMILES string of the molecule is OC(CNCCCOCC1CC1)Cn1cccn1. The van der Waals surface area contributed by atoms with Crippen molar-refractivity contribution in [3.63, 3.8) is 0 Å². The molecular weight excluding hydrogens is 230 g/mol. The van der Waals surface area contributed by atoms with E-state index in [9.17, 15) is 5.11 Å². The summed E-state index contributed by atoms with van der Waals surface area (Å²) in [5.41, 5.74) is 0. The van der Waals surface area contributed by atoms with E-state index < -0.39 is 6.10 Å². The lowest BCUT2D eigenvalue weighted by Gasteiger charge is -2.11. The number of hydrogen-bond donors (Lipinski definition) is 2. The summed E-state index contributed by atoms with van der Waals surface area (Å²) >= 11 is 0. The first-order valence-electron chi connectivity index (χ1n) is 6.78. The number of aliphatic hydroxyl groups excluding tert-OH is 1. The maximum Gasteiger partial charge on any atom is 0.0860 e. The first-order valence-corrected chi connectivity index (χ1v) is 6.78. The van der Waals surface area contributed by atoms with Gasteiger partial charge in [-0.3, -0.25) is 4.68 Å². The van der Waals surface area contributed by atoms with Crippen molar-refractivity contribution in [3.05, 3.63) is 18.5 Å². The zero-order valence-electron chi connectivity index (χ0n) is 10.8. The number of ether oxygens (including phenoxy) is 1. The van der Waals surface area contributed by atoms with Crippen molar-refractivity contribution in [2.45, 2.75) is 31.9 Å². The van der Waals surface area contributed by atoms with Crippen molar-refractivity contribution in [2.24, 2.45) is 5.92 Å². The van der Waals surface area contributed by atoms with Crippen molar-refractivity contribution in [3.8, 4) is 0 Å². The van der Waals surface area contributed by atoms with Gasteiger partial charge in [0.15, 0.2) is 0 Å². The Balaban J connectivity index is 1.39. The van der Waals surface area contributed by atoms with Gasteiger partial charge in [0.2, 0.25) is 0 Å². The molecule has 1 fully saturated rings. The molecule has 2 N–H and O–H groups in total. The van der Waals surface area contributed by atoms with Gasteiger partial charge < -0.3 is 15.2 Å². The zero-order valence-corrected chi connectivity index (χ0v) is 10.8. The van der Waals surface area contributed by atoms with Crippen molar-refractivity contribution in [1.82, 2.24) is 15.1 Å². The van der Waals surface area contributed by atoms with Gasteiger partial charge in [0, 0.05) is 32.2 Å². The normalized spacial score (nSPS) is 16.9. The Bertz CT molecular complexity index is 312. The molecule has 1 heterocycles. The van der Waals surface area contributed by atoms with E-state index in [1.807, 2.05) is 12.3 Å². The van der Waals surface area contributed by atoms with Crippen LogP contribution in [0.3, 0.4) is 0 Å². The van der Waals surface area contributed by atoms with Crippen molar-refractivity contribution >= 4 is 0 Å². The molecule has 1 saturated carbocycles. The van der Waals surface area contributed by atoms with Crippen LogP contribution in [0.15, 0.2) is 18.5 Å². The van der Waals surface area contributed by atoms with Crippen LogP contribution in [-0.4, -0.2) is 47.3 Å². The lowest BCUT2D eigenvalue weighted by molar-refractivity contribution is 0.118. The van der Waals surface area contributed by atoms with E-state index in [0.29, 0.717) is 13.1 Å². The molecule has 1 unspecified atom stereocenters. The second-order valence-electron chi connectivity index (χ2n) is 4.96. The molecule has 102 valence electrons. The molecule has 0 radical (unpaired) electrons. The maximum absolute atomic E-state index is 9.75. The van der Waals surface area contributed by atoms with Crippen molar-refractivity contribution in [1.29, 1.82) is 0 Å². The van der Waals surface area contributed by atoms with Crippen LogP contribution in [0, 0.1) is 5.92 Å². The summed E-state index contributed by atoms with van der Waals surface area (Å²) in [6.45, 7) is 3.78. The molecule has 0 saturated heterocycles. The molecule has 18 heavy (non-hydrogen) atoms. The Kier molecular flexibility index (Phi) is 5.64. The quantitative estimate of drug-likeness (QED) is 0.601. The van der Waals surface area contributed by atoms with E-state index in [2.05, 4.69) is 10.4 Å². The molecule has 5 heteroatoms. The Labute approximate surface area is 108 Å². The van der Waals surface area contributed by atoms with E-state index in [4.69, 9.17) is 4.74 Å². The Morgan fingerprint density at radius 3 is 3.11 bits per heavy atom. The number of hydrogen-bond acceptors (Lipinski definition) is 4. The Hall–Kier alpha value is -0.910. The Morgan fingerprint density at radius 1 is 1.50 bits per heavy atom. The number of nitrogens with one attached hydrogen (secondary N) is 1. The molecule has 2 rings (SSSR count). The fourth-order valence-corrected chi connectivity index (χ4v) is 1.79. The highest BCUT2D eigenvalue weighted by Gasteiger charge is 2.20. The van der Waals surface area contributed by atoms with Crippen LogP contribution in [0.4, 0.5) is 0 Å². The predicted octanol–water partition coefficient (Wildman–Crippen LogP) is 0.650. The summed E-state index contributed by atoms with van der Waals surface area (Å²) in [5, 5.41) is 17.0. The predicted molar refractivity (Wildman–Crippen MR) is 69.3 cm³/mol. The average molecular weight is 253 g/mol. The van der Waals surface area contributed by atoms with Crippen LogP contribution in [0.2, 0.25) is 0 Å². The van der Waals surface area contributed by atoms with Crippen LogP contribution in [0.1, 0.15) is 19.3 Å². The van der Waals surface area contributed by atoms with Crippen molar-refractivity contribution < 1.29 is 9.84 Å². The minimum atomic E-state index is -0.391. The standard InChI is InChI=1S/C13H23N3O2/c17-13(10-16-7-1-6-15-16)9-14-5-2-8-18-11-12-3-4-12/h1,6-7,12-14,17H,2-5,8-11H2. The van der Waals surface area contributed by atoms with E-state index in [1.165, 1.54) is 12.8 Å². The summed E-state index contributed by atoms with van der Waals surface area (Å²) in [4.78, 5) is 0. The first kappa shape index (κ1) is 13.5. The monoisotopic (exact) mass is 253 g/mol. The number of rotatable bonds is 10. The molecule has 0 aliphatic heterocycles. The van der Waals surface area contributed by atoms with E-state index in [1.54, 1.807) is 10.9 Å². The molecular formula is C13H23N3O2. The van der Waals surface area contributed by atoms with Crippen LogP contribution in [0.25, 0.3) is 0 Å². The van der Waals surface area contributed by atoms with Crippen LogP contribution in [-0.2, 0) is 11.3 Å². The zero-order chi connectivity index (χ0) is 12.6. The fraction of sp³-hybridized carbons (Fsp3) is 0.769. The fourth-order valence-electron chi connectivity index (χ4n) is 1.79. The number of nitrogens with zero attached hydrogens (tertiary/aromatic N) is 2. The topological polar surface area (TPSA) is 59.3 Å². The maximum atomic E-state index is 9.75. The van der Waals surface area contributed by atoms with Gasteiger partial charge in [-0.1, -0.05) is 0 Å². The second kappa shape index (κ2) is 7.51. The number of aromatic nitrogens is 2. The summed E-state index contributed by atoms with van der Waals surface area (Å²) in [6, 6.07) is 1.86. The van der Waals surface area contributed by atoms with E-state index >= 15 is 0 Å². The molecule has 0 spiro atoms. The summed E-state index contributed by atoms with van der Waals surface area (Å²) in [5.74, 6) is 0.842. The van der Waals surface area contributed by atoms with E-state index in [-0.39, 0.29) is 0 Å². The summed E-state index contributed by atoms with van der Waals surface area (Å²) in [7, 11) is 0. The highest BCUT2D eigenvalue weighted by Crippen LogP contribution is 2.28. The van der Waals surface area contributed by atoms with Crippen LogP contribution in [0.5, 0.6) is 0 Å². The molecule has 0 amide bonds. The average Bonchev–Trinajstić information content (AvgIpc) is 3.04. The lowest BCUT2D eigenvalue weighted by Crippen LogP contribution is -2.31. The highest BCUT2D eigenvalue weighted by molar-refractivity contribution is 4.78. The second-order valence-corrected chi connectivity index (χ2v) is 4.96. The smallest absolute Gasteiger partial charge is 0.0860 e. The van der Waals surface area contributed by atoms with E-state index in [0.717, 1.165) is 32.1 Å². The van der Waals surface area contributed by atoms with Gasteiger partial charge in [-0.25, -0.2) is 0 Å². The third-order valence-corrected chi connectivity index (χ3v) is 3.03. The van der Waals surface area contributed by atoms with Gasteiger partial charge in [0.1, 0.15) is 0 Å². The highest BCUT2D eigenvalue weighted by atomic mass is 16.5. The largest absolute Gasteiger partial charge is 0.390 e. The van der Waals surface area contributed by atoms with Crippen LogP contribution < -0.4 is 5.32 Å². The minimum absolute atomic E-state index is 0.391. The van der Waals surface area contributed by atoms with Gasteiger partial charge in [0.25, 0.3) is 0 Å². The van der Waals surface area contributed by atoms with Gasteiger partial charge in [-0.15, -0.1) is 0 Å². The minimum Gasteiger partial charge on any atom is -0.390 e. The molecule has 1 aromatic rings.